The minimum absolute atomic E-state index is 0.0800. The van der Waals surface area contributed by atoms with Crippen LogP contribution in [0.3, 0.4) is 0 Å². The molecule has 6 nitrogen and oxygen atoms in total. The van der Waals surface area contributed by atoms with E-state index in [1.807, 2.05) is 36.4 Å². The lowest BCUT2D eigenvalue weighted by molar-refractivity contribution is 0.0985. The molecule has 0 atom stereocenters. The molecule has 0 aliphatic heterocycles. The number of halogens is 1. The highest BCUT2D eigenvalue weighted by molar-refractivity contribution is 7.92. The first-order valence-electron chi connectivity index (χ1n) is 12.0. The highest BCUT2D eigenvalue weighted by Crippen LogP contribution is 2.32. The molecule has 5 rings (SSSR count). The molecule has 0 fully saturated rings. The predicted octanol–water partition coefficient (Wildman–Crippen LogP) is 6.50. The van der Waals surface area contributed by atoms with Crippen LogP contribution in [0.1, 0.15) is 22.8 Å². The smallest absolute Gasteiger partial charge is 0.264 e. The molecule has 192 valence electrons. The molecule has 38 heavy (non-hydrogen) atoms. The fraction of sp³-hybridized carbons (Fsp3) is 0.103. The molecule has 9 heteroatoms. The predicted molar refractivity (Wildman–Crippen MR) is 150 cm³/mol. The Morgan fingerprint density at radius 3 is 2.16 bits per heavy atom. The Morgan fingerprint density at radius 1 is 0.868 bits per heavy atom. The van der Waals surface area contributed by atoms with Gasteiger partial charge in [-0.1, -0.05) is 65.9 Å². The molecular weight excluding hydrogens is 521 g/mol. The van der Waals surface area contributed by atoms with Gasteiger partial charge in [-0.15, -0.1) is 0 Å². The molecule has 0 N–H and O–H groups in total. The second kappa shape index (κ2) is 10.7. The minimum atomic E-state index is -3.83. The fourth-order valence-corrected chi connectivity index (χ4v) is 6.60. The van der Waals surface area contributed by atoms with Gasteiger partial charge in [-0.25, -0.2) is 17.8 Å². The van der Waals surface area contributed by atoms with Crippen molar-refractivity contribution in [2.45, 2.75) is 18.4 Å². The van der Waals surface area contributed by atoms with E-state index in [0.717, 1.165) is 5.56 Å². The van der Waals surface area contributed by atoms with Crippen molar-refractivity contribution >= 4 is 48.3 Å². The quantitative estimate of drug-likeness (QED) is 0.223. The zero-order chi connectivity index (χ0) is 26.7. The number of carbonyl (C=O) groups is 1. The maximum atomic E-state index is 14.4. The molecule has 0 saturated heterocycles. The van der Waals surface area contributed by atoms with Gasteiger partial charge >= 0.3 is 0 Å². The molecule has 4 aromatic carbocycles. The van der Waals surface area contributed by atoms with Gasteiger partial charge in [-0.05, 0) is 61.0 Å². The van der Waals surface area contributed by atoms with Gasteiger partial charge in [0, 0.05) is 12.1 Å². The number of thiazole rings is 1. The number of rotatable bonds is 8. The van der Waals surface area contributed by atoms with Crippen LogP contribution in [-0.2, 0) is 16.6 Å². The van der Waals surface area contributed by atoms with Crippen LogP contribution in [0.4, 0.5) is 15.2 Å². The summed E-state index contributed by atoms with van der Waals surface area (Å²) in [5.41, 5.74) is 1.94. The molecule has 0 radical (unpaired) electrons. The number of sulfonamides is 1. The van der Waals surface area contributed by atoms with E-state index >= 15 is 0 Å². The van der Waals surface area contributed by atoms with E-state index in [2.05, 4.69) is 4.98 Å². The summed E-state index contributed by atoms with van der Waals surface area (Å²) in [5, 5.41) is 0.358. The third-order valence-corrected chi connectivity index (χ3v) is 9.00. The third kappa shape index (κ3) is 5.03. The van der Waals surface area contributed by atoms with Crippen LogP contribution in [-0.4, -0.2) is 25.9 Å². The van der Waals surface area contributed by atoms with Crippen molar-refractivity contribution in [3.8, 4) is 0 Å². The van der Waals surface area contributed by atoms with E-state index in [1.54, 1.807) is 43.3 Å². The van der Waals surface area contributed by atoms with Crippen molar-refractivity contribution in [1.29, 1.82) is 0 Å². The highest BCUT2D eigenvalue weighted by Gasteiger charge is 2.26. The van der Waals surface area contributed by atoms with Gasteiger partial charge in [0.2, 0.25) is 0 Å². The average molecular weight is 546 g/mol. The standard InChI is InChI=1S/C29H24FN3O3S2/c1-2-33(23-12-7-4-8-13-23)38(35,36)24-18-16-22(17-19-24)28(34)32(20-21-10-5-3-6-11-21)29-31-27-25(30)14-9-15-26(27)37-29/h3-19H,2,20H2,1H3. The van der Waals surface area contributed by atoms with Gasteiger partial charge in [-0.3, -0.25) is 14.0 Å². The van der Waals surface area contributed by atoms with Gasteiger partial charge in [0.05, 0.1) is 21.8 Å². The normalized spacial score (nSPS) is 11.4. The van der Waals surface area contributed by atoms with E-state index in [-0.39, 0.29) is 29.4 Å². The first-order valence-corrected chi connectivity index (χ1v) is 14.2. The molecule has 1 heterocycles. The van der Waals surface area contributed by atoms with Gasteiger partial charge in [-0.2, -0.15) is 0 Å². The summed E-state index contributed by atoms with van der Waals surface area (Å²) < 4.78 is 43.0. The Balaban J connectivity index is 1.49. The second-order valence-electron chi connectivity index (χ2n) is 8.49. The first kappa shape index (κ1) is 25.6. The monoisotopic (exact) mass is 545 g/mol. The fourth-order valence-electron chi connectivity index (χ4n) is 4.15. The van der Waals surface area contributed by atoms with Crippen molar-refractivity contribution in [3.05, 3.63) is 120 Å². The van der Waals surface area contributed by atoms with Gasteiger partial charge in [0.1, 0.15) is 11.3 Å². The Kier molecular flexibility index (Phi) is 7.22. The van der Waals surface area contributed by atoms with Crippen molar-refractivity contribution in [3.63, 3.8) is 0 Å². The molecule has 5 aromatic rings. The van der Waals surface area contributed by atoms with Crippen molar-refractivity contribution < 1.29 is 17.6 Å². The first-order chi connectivity index (χ1) is 18.4. The molecular formula is C29H24FN3O3S2. The Bertz CT molecular complexity index is 1670. The van der Waals surface area contributed by atoms with Crippen molar-refractivity contribution in [2.75, 3.05) is 15.7 Å². The number of para-hydroxylation sites is 2. The molecule has 1 amide bonds. The zero-order valence-electron chi connectivity index (χ0n) is 20.5. The number of amides is 1. The lowest BCUT2D eigenvalue weighted by Crippen LogP contribution is -2.31. The lowest BCUT2D eigenvalue weighted by atomic mass is 10.1. The minimum Gasteiger partial charge on any atom is -0.279 e. The van der Waals surface area contributed by atoms with Crippen LogP contribution in [0, 0.1) is 5.82 Å². The third-order valence-electron chi connectivity index (χ3n) is 6.04. The number of hydrogen-bond acceptors (Lipinski definition) is 5. The van der Waals surface area contributed by atoms with Crippen LogP contribution < -0.4 is 9.21 Å². The molecule has 0 spiro atoms. The van der Waals surface area contributed by atoms with Gasteiger partial charge in [0.15, 0.2) is 5.13 Å². The number of fused-ring (bicyclic) bond motifs is 1. The number of anilines is 2. The summed E-state index contributed by atoms with van der Waals surface area (Å²) in [6.45, 7) is 2.25. The molecule has 0 aliphatic carbocycles. The Hall–Kier alpha value is -4.08. The van der Waals surface area contributed by atoms with Gasteiger partial charge < -0.3 is 0 Å². The number of nitrogens with zero attached hydrogens (tertiary/aromatic N) is 3. The highest BCUT2D eigenvalue weighted by atomic mass is 32.2. The van der Waals surface area contributed by atoms with Crippen molar-refractivity contribution in [1.82, 2.24) is 4.98 Å². The van der Waals surface area contributed by atoms with E-state index in [9.17, 15) is 17.6 Å². The molecule has 1 aromatic heterocycles. The number of carbonyl (C=O) groups excluding carboxylic acids is 1. The summed E-state index contributed by atoms with van der Waals surface area (Å²) in [6, 6.07) is 28.9. The van der Waals surface area contributed by atoms with Crippen molar-refractivity contribution in [2.24, 2.45) is 0 Å². The Morgan fingerprint density at radius 2 is 1.53 bits per heavy atom. The van der Waals surface area contributed by atoms with E-state index in [0.29, 0.717) is 21.1 Å². The largest absolute Gasteiger partial charge is 0.279 e. The summed E-state index contributed by atoms with van der Waals surface area (Å²) in [5.74, 6) is -0.821. The average Bonchev–Trinajstić information content (AvgIpc) is 3.38. The summed E-state index contributed by atoms with van der Waals surface area (Å²) in [7, 11) is -3.83. The molecule has 0 saturated carbocycles. The van der Waals surface area contributed by atoms with Crippen LogP contribution in [0.5, 0.6) is 0 Å². The second-order valence-corrected chi connectivity index (χ2v) is 11.4. The number of benzene rings is 4. The summed E-state index contributed by atoms with van der Waals surface area (Å²) >= 11 is 1.23. The number of aromatic nitrogens is 1. The van der Waals surface area contributed by atoms with Crippen LogP contribution in [0.15, 0.2) is 108 Å². The summed E-state index contributed by atoms with van der Waals surface area (Å²) in [4.78, 5) is 19.7. The van der Waals surface area contributed by atoms with Gasteiger partial charge in [0.25, 0.3) is 15.9 Å². The summed E-state index contributed by atoms with van der Waals surface area (Å²) in [6.07, 6.45) is 0. The maximum Gasteiger partial charge on any atom is 0.264 e. The molecule has 0 aliphatic rings. The van der Waals surface area contributed by atoms with E-state index in [4.69, 9.17) is 0 Å². The lowest BCUT2D eigenvalue weighted by Gasteiger charge is -2.23. The van der Waals surface area contributed by atoms with Crippen LogP contribution >= 0.6 is 11.3 Å². The molecule has 0 unspecified atom stereocenters. The Labute approximate surface area is 224 Å². The van der Waals surface area contributed by atoms with E-state index < -0.39 is 15.8 Å². The van der Waals surface area contributed by atoms with E-state index in [1.165, 1.54) is 50.9 Å². The number of hydrogen-bond donors (Lipinski definition) is 0. The maximum absolute atomic E-state index is 14.4. The topological polar surface area (TPSA) is 70.6 Å². The SMILES string of the molecule is CCN(c1ccccc1)S(=O)(=O)c1ccc(C(=O)N(Cc2ccccc2)c2nc3c(F)cccc3s2)cc1. The zero-order valence-corrected chi connectivity index (χ0v) is 22.1. The van der Waals surface area contributed by atoms with Crippen LogP contribution in [0.2, 0.25) is 0 Å². The van der Waals surface area contributed by atoms with Crippen LogP contribution in [0.25, 0.3) is 10.2 Å². The molecule has 0 bridgehead atoms.